The first-order valence-electron chi connectivity index (χ1n) is 10.3. The van der Waals surface area contributed by atoms with Crippen LogP contribution in [-0.4, -0.2) is 64.8 Å². The van der Waals surface area contributed by atoms with Gasteiger partial charge in [0.2, 0.25) is 0 Å². The van der Waals surface area contributed by atoms with E-state index in [9.17, 15) is 15.0 Å². The minimum absolute atomic E-state index is 0.0217. The number of benzene rings is 2. The lowest BCUT2D eigenvalue weighted by atomic mass is 10.1. The van der Waals surface area contributed by atoms with E-state index in [1.54, 1.807) is 36.5 Å². The number of aromatic nitrogens is 2. The van der Waals surface area contributed by atoms with Crippen molar-refractivity contribution in [3.05, 3.63) is 60.4 Å². The van der Waals surface area contributed by atoms with Crippen LogP contribution in [0.3, 0.4) is 0 Å². The number of nitrogens with zero attached hydrogens (tertiary/aromatic N) is 2. The Morgan fingerprint density at radius 2 is 2.03 bits per heavy atom. The maximum Gasteiger partial charge on any atom is 0.322 e. The van der Waals surface area contributed by atoms with Gasteiger partial charge in [0.25, 0.3) is 0 Å². The van der Waals surface area contributed by atoms with Gasteiger partial charge in [-0.2, -0.15) is 5.10 Å². The summed E-state index contributed by atoms with van der Waals surface area (Å²) in [6, 6.07) is 12.6. The molecule has 0 saturated heterocycles. The molecule has 0 atom stereocenters. The van der Waals surface area contributed by atoms with Crippen molar-refractivity contribution in [1.82, 2.24) is 15.1 Å². The number of H-pyrrole nitrogens is 1. The second-order valence-electron chi connectivity index (χ2n) is 7.05. The van der Waals surface area contributed by atoms with E-state index in [0.29, 0.717) is 36.7 Å². The van der Waals surface area contributed by atoms with Gasteiger partial charge in [-0.15, -0.1) is 0 Å². The van der Waals surface area contributed by atoms with Gasteiger partial charge < -0.3 is 29.9 Å². The zero-order chi connectivity index (χ0) is 22.8. The third-order valence-corrected chi connectivity index (χ3v) is 4.78. The first-order chi connectivity index (χ1) is 15.6. The normalized spacial score (nSPS) is 10.6. The van der Waals surface area contributed by atoms with Crippen LogP contribution in [0.15, 0.2) is 54.9 Å². The molecular formula is C23H28N4O5. The topological polar surface area (TPSA) is 120 Å². The second-order valence-corrected chi connectivity index (χ2v) is 7.05. The molecule has 0 fully saturated rings. The van der Waals surface area contributed by atoms with Crippen LogP contribution in [0.4, 0.5) is 10.5 Å². The molecule has 0 spiro atoms. The van der Waals surface area contributed by atoms with E-state index in [1.165, 1.54) is 0 Å². The van der Waals surface area contributed by atoms with Crippen molar-refractivity contribution in [1.29, 1.82) is 0 Å². The molecule has 0 aliphatic rings. The number of methoxy groups -OCH3 is 1. The molecule has 0 unspecified atom stereocenters. The van der Waals surface area contributed by atoms with Gasteiger partial charge in [0.05, 0.1) is 25.6 Å². The summed E-state index contributed by atoms with van der Waals surface area (Å²) < 4.78 is 10.9. The van der Waals surface area contributed by atoms with Crippen LogP contribution in [0.5, 0.6) is 11.5 Å². The number of aromatic amines is 1. The number of hydrogen-bond acceptors (Lipinski definition) is 6. The molecule has 0 saturated carbocycles. The van der Waals surface area contributed by atoms with Crippen molar-refractivity contribution in [2.75, 3.05) is 38.8 Å². The Bertz CT molecular complexity index is 994. The minimum atomic E-state index is -0.328. The zero-order valence-electron chi connectivity index (χ0n) is 18.0. The number of amides is 2. The molecule has 2 amide bonds. The lowest BCUT2D eigenvalue weighted by Crippen LogP contribution is -2.35. The van der Waals surface area contributed by atoms with E-state index >= 15 is 0 Å². The van der Waals surface area contributed by atoms with E-state index < -0.39 is 0 Å². The van der Waals surface area contributed by atoms with Crippen molar-refractivity contribution in [3.8, 4) is 22.6 Å². The van der Waals surface area contributed by atoms with Gasteiger partial charge in [0.1, 0.15) is 18.1 Å². The maximum atomic E-state index is 13.1. The average Bonchev–Trinajstić information content (AvgIpc) is 3.36. The largest absolute Gasteiger partial charge is 0.497 e. The highest BCUT2D eigenvalue weighted by Crippen LogP contribution is 2.31. The molecule has 170 valence electrons. The highest BCUT2D eigenvalue weighted by molar-refractivity contribution is 5.91. The van der Waals surface area contributed by atoms with Gasteiger partial charge in [-0.05, 0) is 41.8 Å². The van der Waals surface area contributed by atoms with Crippen molar-refractivity contribution < 1.29 is 24.5 Å². The summed E-state index contributed by atoms with van der Waals surface area (Å²) in [4.78, 5) is 14.7. The smallest absolute Gasteiger partial charge is 0.322 e. The molecule has 32 heavy (non-hydrogen) atoms. The van der Waals surface area contributed by atoms with Gasteiger partial charge in [0, 0.05) is 31.5 Å². The maximum absolute atomic E-state index is 13.1. The van der Waals surface area contributed by atoms with Crippen LogP contribution in [0, 0.1) is 0 Å². The number of nitrogens with one attached hydrogen (secondary N) is 2. The molecule has 9 nitrogen and oxygen atoms in total. The van der Waals surface area contributed by atoms with Gasteiger partial charge in [-0.1, -0.05) is 18.2 Å². The predicted molar refractivity (Wildman–Crippen MR) is 121 cm³/mol. The van der Waals surface area contributed by atoms with Crippen LogP contribution in [0.2, 0.25) is 0 Å². The minimum Gasteiger partial charge on any atom is -0.497 e. The molecule has 0 aliphatic carbocycles. The first-order valence-corrected chi connectivity index (χ1v) is 10.3. The molecule has 1 aromatic heterocycles. The lowest BCUT2D eigenvalue weighted by Gasteiger charge is -2.24. The average molecular weight is 441 g/mol. The monoisotopic (exact) mass is 440 g/mol. The van der Waals surface area contributed by atoms with Gasteiger partial charge in [-0.25, -0.2) is 4.79 Å². The number of aliphatic hydroxyl groups is 2. The summed E-state index contributed by atoms with van der Waals surface area (Å²) in [6.07, 6.45) is 3.90. The van der Waals surface area contributed by atoms with E-state index in [4.69, 9.17) is 9.47 Å². The van der Waals surface area contributed by atoms with Crippen LogP contribution in [0.25, 0.3) is 11.1 Å². The number of carbonyl (C=O) groups is 1. The summed E-state index contributed by atoms with van der Waals surface area (Å²) in [7, 11) is 1.59. The zero-order valence-corrected chi connectivity index (χ0v) is 18.0. The third-order valence-electron chi connectivity index (χ3n) is 4.78. The first kappa shape index (κ1) is 23.1. The van der Waals surface area contributed by atoms with Gasteiger partial charge >= 0.3 is 6.03 Å². The number of carbonyl (C=O) groups excluding carboxylic acids is 1. The van der Waals surface area contributed by atoms with E-state index in [0.717, 1.165) is 16.7 Å². The Morgan fingerprint density at radius 3 is 2.75 bits per heavy atom. The molecule has 2 aromatic carbocycles. The molecule has 3 rings (SSSR count). The SMILES string of the molecule is COc1cccc(CN(CCCO)C(=O)Nc2ccc(-c3cn[nH]c3)cc2OCCO)c1. The molecule has 4 N–H and O–H groups in total. The molecule has 9 heteroatoms. The van der Waals surface area contributed by atoms with Gasteiger partial charge in [0.15, 0.2) is 0 Å². The second kappa shape index (κ2) is 11.7. The number of hydrogen-bond donors (Lipinski definition) is 4. The third kappa shape index (κ3) is 6.22. The standard InChI is InChI=1S/C23H28N4O5/c1-31-20-5-2-4-17(12-20)16-27(8-3-9-28)23(30)26-21-7-6-18(19-14-24-25-15-19)13-22(21)32-11-10-29/h2,4-7,12-15,28-29H,3,8-11,16H2,1H3,(H,24,25)(H,26,30). The number of anilines is 1. The molecule has 0 aliphatic heterocycles. The van der Waals surface area contributed by atoms with Crippen LogP contribution in [-0.2, 0) is 6.54 Å². The molecular weight excluding hydrogens is 412 g/mol. The predicted octanol–water partition coefficient (Wildman–Crippen LogP) is 2.87. The number of aliphatic hydroxyl groups excluding tert-OH is 2. The van der Waals surface area contributed by atoms with E-state index in [2.05, 4.69) is 15.5 Å². The Hall–Kier alpha value is -3.56. The summed E-state index contributed by atoms with van der Waals surface area (Å²) in [6.45, 7) is 0.645. The Kier molecular flexibility index (Phi) is 8.47. The Labute approximate surface area is 186 Å². The van der Waals surface area contributed by atoms with E-state index in [-0.39, 0.29) is 25.9 Å². The summed E-state index contributed by atoms with van der Waals surface area (Å²) >= 11 is 0. The Morgan fingerprint density at radius 1 is 1.16 bits per heavy atom. The van der Waals surface area contributed by atoms with Crippen molar-refractivity contribution in [2.24, 2.45) is 0 Å². The fourth-order valence-corrected chi connectivity index (χ4v) is 3.19. The fourth-order valence-electron chi connectivity index (χ4n) is 3.19. The molecule has 1 heterocycles. The Balaban J connectivity index is 1.80. The van der Waals surface area contributed by atoms with Crippen molar-refractivity contribution in [3.63, 3.8) is 0 Å². The quantitative estimate of drug-likeness (QED) is 0.364. The molecule has 0 radical (unpaired) electrons. The molecule has 0 bridgehead atoms. The number of rotatable bonds is 11. The van der Waals surface area contributed by atoms with Crippen LogP contribution >= 0.6 is 0 Å². The van der Waals surface area contributed by atoms with Crippen LogP contribution in [0.1, 0.15) is 12.0 Å². The summed E-state index contributed by atoms with van der Waals surface area (Å²) in [5.41, 5.74) is 3.12. The van der Waals surface area contributed by atoms with Crippen molar-refractivity contribution in [2.45, 2.75) is 13.0 Å². The number of urea groups is 1. The highest BCUT2D eigenvalue weighted by atomic mass is 16.5. The summed E-state index contributed by atoms with van der Waals surface area (Å²) in [5.74, 6) is 1.15. The lowest BCUT2D eigenvalue weighted by molar-refractivity contribution is 0.197. The van der Waals surface area contributed by atoms with Crippen molar-refractivity contribution >= 4 is 11.7 Å². The highest BCUT2D eigenvalue weighted by Gasteiger charge is 2.17. The van der Waals surface area contributed by atoms with Crippen LogP contribution < -0.4 is 14.8 Å². The van der Waals surface area contributed by atoms with Gasteiger partial charge in [-0.3, -0.25) is 5.10 Å². The molecule has 3 aromatic rings. The van der Waals surface area contributed by atoms with E-state index in [1.807, 2.05) is 30.3 Å². The summed E-state index contributed by atoms with van der Waals surface area (Å²) in [5, 5.41) is 28.1. The fraction of sp³-hybridized carbons (Fsp3) is 0.304. The number of ether oxygens (including phenoxy) is 2.